The maximum absolute atomic E-state index is 12.6. The Morgan fingerprint density at radius 1 is 1.37 bits per heavy atom. The molecule has 2 N–H and O–H groups in total. The van der Waals surface area contributed by atoms with E-state index in [0.29, 0.717) is 24.6 Å². The van der Waals surface area contributed by atoms with Crippen LogP contribution < -0.4 is 5.73 Å². The van der Waals surface area contributed by atoms with Crippen molar-refractivity contribution in [2.24, 2.45) is 11.7 Å². The van der Waals surface area contributed by atoms with Gasteiger partial charge in [-0.25, -0.2) is 0 Å². The van der Waals surface area contributed by atoms with E-state index in [1.165, 1.54) is 25.0 Å². The monoisotopic (exact) mass is 272 g/mol. The molecule has 1 aliphatic carbocycles. The van der Waals surface area contributed by atoms with Crippen molar-refractivity contribution in [1.82, 2.24) is 4.90 Å². The van der Waals surface area contributed by atoms with Gasteiger partial charge in [0.25, 0.3) is 0 Å². The first kappa shape index (κ1) is 14.3. The minimum absolute atomic E-state index is 0.273. The van der Waals surface area contributed by atoms with E-state index >= 15 is 0 Å². The molecule has 1 aromatic carbocycles. The lowest BCUT2D eigenvalue weighted by atomic mass is 10.1. The second-order valence-corrected chi connectivity index (χ2v) is 5.25. The van der Waals surface area contributed by atoms with Crippen LogP contribution in [-0.2, 0) is 12.7 Å². The van der Waals surface area contributed by atoms with Gasteiger partial charge in [0.1, 0.15) is 0 Å². The van der Waals surface area contributed by atoms with Crippen molar-refractivity contribution in [1.29, 1.82) is 0 Å². The van der Waals surface area contributed by atoms with Gasteiger partial charge in [-0.15, -0.1) is 0 Å². The lowest BCUT2D eigenvalue weighted by Crippen LogP contribution is -2.39. The molecule has 5 heteroatoms. The van der Waals surface area contributed by atoms with E-state index in [-0.39, 0.29) is 6.04 Å². The summed E-state index contributed by atoms with van der Waals surface area (Å²) in [5, 5.41) is 0. The topological polar surface area (TPSA) is 29.3 Å². The Hall–Kier alpha value is -1.07. The molecule has 1 aliphatic rings. The third-order valence-electron chi connectivity index (χ3n) is 3.66. The number of benzene rings is 1. The molecule has 1 fully saturated rings. The molecule has 1 atom stereocenters. The van der Waals surface area contributed by atoms with Crippen LogP contribution in [0.3, 0.4) is 0 Å². The van der Waals surface area contributed by atoms with Gasteiger partial charge in [0, 0.05) is 19.1 Å². The molecule has 19 heavy (non-hydrogen) atoms. The van der Waals surface area contributed by atoms with Gasteiger partial charge >= 0.3 is 6.18 Å². The number of hydrogen-bond acceptors (Lipinski definition) is 2. The Bertz CT molecular complexity index is 427. The molecular weight excluding hydrogens is 253 g/mol. The van der Waals surface area contributed by atoms with E-state index in [4.69, 9.17) is 5.73 Å². The van der Waals surface area contributed by atoms with Gasteiger partial charge in [-0.05, 0) is 37.4 Å². The van der Waals surface area contributed by atoms with Crippen LogP contribution in [0.2, 0.25) is 0 Å². The van der Waals surface area contributed by atoms with Crippen LogP contribution in [0.1, 0.15) is 24.0 Å². The van der Waals surface area contributed by atoms with Crippen LogP contribution in [0.4, 0.5) is 13.2 Å². The highest BCUT2D eigenvalue weighted by Gasteiger charge is 2.33. The molecule has 0 saturated heterocycles. The van der Waals surface area contributed by atoms with Crippen LogP contribution in [0.5, 0.6) is 0 Å². The summed E-state index contributed by atoms with van der Waals surface area (Å²) < 4.78 is 37.9. The quantitative estimate of drug-likeness (QED) is 0.893. The summed E-state index contributed by atoms with van der Waals surface area (Å²) in [6, 6.07) is 5.78. The molecule has 0 heterocycles. The lowest BCUT2D eigenvalue weighted by Gasteiger charge is -2.27. The number of hydrogen-bond donors (Lipinski definition) is 1. The van der Waals surface area contributed by atoms with Crippen molar-refractivity contribution in [2.45, 2.75) is 31.6 Å². The van der Waals surface area contributed by atoms with Crippen molar-refractivity contribution < 1.29 is 13.2 Å². The maximum atomic E-state index is 12.6. The van der Waals surface area contributed by atoms with E-state index in [1.54, 1.807) is 6.07 Å². The van der Waals surface area contributed by atoms with E-state index in [2.05, 4.69) is 4.90 Å². The Balaban J connectivity index is 2.06. The third kappa shape index (κ3) is 3.70. The van der Waals surface area contributed by atoms with Gasteiger partial charge in [0.15, 0.2) is 0 Å². The SMILES string of the molecule is CN(Cc1cccc(C(F)(F)F)c1)C(CN)C1CC1. The first-order chi connectivity index (χ1) is 8.91. The van der Waals surface area contributed by atoms with Crippen molar-refractivity contribution in [3.05, 3.63) is 35.4 Å². The maximum Gasteiger partial charge on any atom is 0.416 e. The molecule has 2 nitrogen and oxygen atoms in total. The Labute approximate surface area is 111 Å². The zero-order valence-corrected chi connectivity index (χ0v) is 11.0. The van der Waals surface area contributed by atoms with Gasteiger partial charge in [0.05, 0.1) is 5.56 Å². The molecule has 0 amide bonds. The van der Waals surface area contributed by atoms with Crippen molar-refractivity contribution >= 4 is 0 Å². The fraction of sp³-hybridized carbons (Fsp3) is 0.571. The van der Waals surface area contributed by atoms with Crippen LogP contribution in [-0.4, -0.2) is 24.5 Å². The number of nitrogens with zero attached hydrogens (tertiary/aromatic N) is 1. The molecule has 1 aromatic rings. The smallest absolute Gasteiger partial charge is 0.329 e. The summed E-state index contributed by atoms with van der Waals surface area (Å²) in [6.45, 7) is 1.06. The van der Waals surface area contributed by atoms with Gasteiger partial charge in [-0.2, -0.15) is 13.2 Å². The van der Waals surface area contributed by atoms with E-state index in [1.807, 2.05) is 7.05 Å². The number of halogens is 3. The van der Waals surface area contributed by atoms with Crippen molar-refractivity contribution in [3.63, 3.8) is 0 Å². The minimum Gasteiger partial charge on any atom is -0.329 e. The van der Waals surface area contributed by atoms with Gasteiger partial charge in [-0.1, -0.05) is 18.2 Å². The summed E-state index contributed by atoms with van der Waals surface area (Å²) in [5.41, 5.74) is 5.83. The Morgan fingerprint density at radius 3 is 2.58 bits per heavy atom. The Kier molecular flexibility index (Phi) is 4.16. The molecule has 1 unspecified atom stereocenters. The second kappa shape index (κ2) is 5.51. The Morgan fingerprint density at radius 2 is 2.05 bits per heavy atom. The van der Waals surface area contributed by atoms with Crippen LogP contribution >= 0.6 is 0 Å². The summed E-state index contributed by atoms with van der Waals surface area (Å²) in [7, 11) is 1.93. The number of likely N-dealkylation sites (N-methyl/N-ethyl adjacent to an activating group) is 1. The highest BCUT2D eigenvalue weighted by Crippen LogP contribution is 2.35. The second-order valence-electron chi connectivity index (χ2n) is 5.25. The number of alkyl halides is 3. The highest BCUT2D eigenvalue weighted by atomic mass is 19.4. The van der Waals surface area contributed by atoms with Gasteiger partial charge in [-0.3, -0.25) is 4.90 Å². The zero-order valence-electron chi connectivity index (χ0n) is 11.0. The molecule has 0 bridgehead atoms. The molecule has 0 radical (unpaired) electrons. The number of rotatable bonds is 5. The van der Waals surface area contributed by atoms with Crippen LogP contribution in [0, 0.1) is 5.92 Å². The predicted octanol–water partition coefficient (Wildman–Crippen LogP) is 2.87. The van der Waals surface area contributed by atoms with Crippen LogP contribution in [0.15, 0.2) is 24.3 Å². The third-order valence-corrected chi connectivity index (χ3v) is 3.66. The summed E-state index contributed by atoms with van der Waals surface area (Å²) >= 11 is 0. The fourth-order valence-corrected chi connectivity index (χ4v) is 2.46. The fourth-order valence-electron chi connectivity index (χ4n) is 2.46. The summed E-state index contributed by atoms with van der Waals surface area (Å²) in [6.07, 6.45) is -1.93. The largest absolute Gasteiger partial charge is 0.416 e. The molecule has 0 spiro atoms. The first-order valence-corrected chi connectivity index (χ1v) is 6.48. The molecule has 1 saturated carbocycles. The molecule has 2 rings (SSSR count). The molecule has 106 valence electrons. The minimum atomic E-state index is -4.28. The number of nitrogens with two attached hydrogens (primary N) is 1. The first-order valence-electron chi connectivity index (χ1n) is 6.48. The van der Waals surface area contributed by atoms with Crippen LogP contribution in [0.25, 0.3) is 0 Å². The van der Waals surface area contributed by atoms with E-state index in [0.717, 1.165) is 6.07 Å². The van der Waals surface area contributed by atoms with Crippen molar-refractivity contribution in [3.8, 4) is 0 Å². The zero-order chi connectivity index (χ0) is 14.0. The molecule has 0 aromatic heterocycles. The molecular formula is C14H19F3N2. The summed E-state index contributed by atoms with van der Waals surface area (Å²) in [4.78, 5) is 2.06. The van der Waals surface area contributed by atoms with E-state index < -0.39 is 11.7 Å². The van der Waals surface area contributed by atoms with Gasteiger partial charge < -0.3 is 5.73 Å². The standard InChI is InChI=1S/C14H19F3N2/c1-19(13(8-18)11-5-6-11)9-10-3-2-4-12(7-10)14(15,16)17/h2-4,7,11,13H,5-6,8-9,18H2,1H3. The average Bonchev–Trinajstić information content (AvgIpc) is 3.13. The van der Waals surface area contributed by atoms with Crippen molar-refractivity contribution in [2.75, 3.05) is 13.6 Å². The highest BCUT2D eigenvalue weighted by molar-refractivity contribution is 5.25. The average molecular weight is 272 g/mol. The lowest BCUT2D eigenvalue weighted by molar-refractivity contribution is -0.137. The molecule has 0 aliphatic heterocycles. The predicted molar refractivity (Wildman–Crippen MR) is 68.5 cm³/mol. The summed E-state index contributed by atoms with van der Waals surface area (Å²) in [5.74, 6) is 0.612. The van der Waals surface area contributed by atoms with Gasteiger partial charge in [0.2, 0.25) is 0 Å². The van der Waals surface area contributed by atoms with E-state index in [9.17, 15) is 13.2 Å². The normalized spacial score (nSPS) is 17.8.